The Labute approximate surface area is 55.2 Å². The van der Waals surface area contributed by atoms with Gasteiger partial charge in [-0.3, -0.25) is 0 Å². The van der Waals surface area contributed by atoms with Crippen LogP contribution in [-0.2, 0) is 37.5 Å². The Balaban J connectivity index is 0. The van der Waals surface area contributed by atoms with Crippen LogP contribution in [0.1, 0.15) is 0 Å². The first kappa shape index (κ1) is 10.1. The molecule has 3 nitrogen and oxygen atoms in total. The van der Waals surface area contributed by atoms with Gasteiger partial charge in [0.1, 0.15) is 0 Å². The molecule has 0 aromatic carbocycles. The minimum absolute atomic E-state index is 1.03. The second kappa shape index (κ2) is 9.38. The number of rotatable bonds is 0. The normalized spacial score (nSPS) is 11.5. The van der Waals surface area contributed by atoms with E-state index >= 15 is 0 Å². The average Bonchev–Trinajstić information content (AvgIpc) is 1.41. The zero-order valence-corrected chi connectivity index (χ0v) is 9.69. The van der Waals surface area contributed by atoms with E-state index in [-0.39, 0.29) is 0 Å². The van der Waals surface area contributed by atoms with Gasteiger partial charge in [-0.15, -0.1) is 0 Å². The second-order valence-corrected chi connectivity index (χ2v) is 0.651. The quantitative estimate of drug-likeness (QED) is 0.502. The van der Waals surface area contributed by atoms with E-state index in [2.05, 4.69) is 4.43 Å². The van der Waals surface area contributed by atoms with E-state index in [1.807, 2.05) is 0 Å². The molecule has 0 saturated carbocycles. The Hall–Kier alpha value is 1.01. The summed E-state index contributed by atoms with van der Waals surface area (Å²) in [5.74, 6) is 0. The van der Waals surface area contributed by atoms with Crippen molar-refractivity contribution in [3.8, 4) is 0 Å². The fraction of sp³-hybridized carbons (Fsp3) is 1.00. The number of hydrogen-bond donors (Lipinski definition) is 1. The molecule has 0 radical (unpaired) electrons. The summed E-state index contributed by atoms with van der Waals surface area (Å²) in [6.45, 7) is 0. The molecule has 5 heteroatoms. The molecule has 1 unspecified atom stereocenters. The van der Waals surface area contributed by atoms with Crippen molar-refractivity contribution in [1.82, 2.24) is 0 Å². The molecule has 1 atom stereocenters. The van der Waals surface area contributed by atoms with Gasteiger partial charge in [-0.1, -0.05) is 0 Å². The molecule has 0 bridgehead atoms. The summed E-state index contributed by atoms with van der Waals surface area (Å²) >= 11 is -1.83. The van der Waals surface area contributed by atoms with Crippen molar-refractivity contribution in [2.24, 2.45) is 0 Å². The summed E-state index contributed by atoms with van der Waals surface area (Å²) in [5.41, 5.74) is 0. The topological polar surface area (TPSA) is 60.4 Å². The molecule has 0 rings (SSSR count). The SMILES string of the molecule is O=S([O-])O.[CH3][Hg+]. The van der Waals surface area contributed by atoms with Gasteiger partial charge >= 0.3 is 30.6 Å². The fourth-order valence-electron chi connectivity index (χ4n) is 0. The van der Waals surface area contributed by atoms with E-state index in [0.29, 0.717) is 0 Å². The van der Waals surface area contributed by atoms with Crippen LogP contribution in [0.2, 0.25) is 4.43 Å². The molecular weight excluding hydrogens is 293 g/mol. The van der Waals surface area contributed by atoms with Crippen LogP contribution in [0, 0.1) is 0 Å². The predicted molar refractivity (Wildman–Crippen MR) is 17.4 cm³/mol. The maximum atomic E-state index is 8.56. The molecule has 0 heterocycles. The van der Waals surface area contributed by atoms with Crippen LogP contribution >= 0.6 is 0 Å². The van der Waals surface area contributed by atoms with Crippen LogP contribution < -0.4 is 0 Å². The van der Waals surface area contributed by atoms with Gasteiger partial charge in [-0.2, -0.15) is 0 Å². The van der Waals surface area contributed by atoms with Crippen LogP contribution in [0.4, 0.5) is 0 Å². The van der Waals surface area contributed by atoms with E-state index in [9.17, 15) is 0 Å². The third-order valence-corrected chi connectivity index (χ3v) is 0. The molecule has 0 aliphatic rings. The molecule has 0 aromatic rings. The van der Waals surface area contributed by atoms with Crippen molar-refractivity contribution >= 4 is 11.4 Å². The van der Waals surface area contributed by atoms with E-state index in [1.165, 1.54) is 0 Å². The predicted octanol–water partition coefficient (Wildman–Crippen LogP) is -0.0802. The van der Waals surface area contributed by atoms with Gasteiger partial charge in [0.05, 0.1) is 11.4 Å². The summed E-state index contributed by atoms with van der Waals surface area (Å²) in [6.07, 6.45) is 0. The molecule has 1 N–H and O–H groups in total. The van der Waals surface area contributed by atoms with E-state index in [1.54, 1.807) is 0 Å². The monoisotopic (exact) mass is 298 g/mol. The van der Waals surface area contributed by atoms with Crippen LogP contribution in [0.15, 0.2) is 0 Å². The second-order valence-electron chi connectivity index (χ2n) is 0.217. The van der Waals surface area contributed by atoms with Crippen molar-refractivity contribution in [3.63, 3.8) is 0 Å². The molecule has 0 aromatic heterocycles. The molecule has 34 valence electrons. The van der Waals surface area contributed by atoms with Crippen molar-refractivity contribution in [2.45, 2.75) is 4.43 Å². The van der Waals surface area contributed by atoms with Gasteiger partial charge in [0.25, 0.3) is 0 Å². The molecule has 0 aliphatic carbocycles. The van der Waals surface area contributed by atoms with Crippen LogP contribution in [0.3, 0.4) is 0 Å². The minimum atomic E-state index is -2.86. The van der Waals surface area contributed by atoms with Gasteiger partial charge in [-0.05, 0) is 0 Å². The van der Waals surface area contributed by atoms with Crippen molar-refractivity contribution < 1.29 is 39.4 Å². The van der Waals surface area contributed by atoms with Gasteiger partial charge in [0.15, 0.2) is 0 Å². The summed E-state index contributed by atoms with van der Waals surface area (Å²) in [4.78, 5) is 0. The Morgan fingerprint density at radius 3 is 1.83 bits per heavy atom. The molecule has 6 heavy (non-hydrogen) atoms. The third kappa shape index (κ3) is 79.5. The molecular formula is CH4HgO3S. The third-order valence-electron chi connectivity index (χ3n) is 0. The van der Waals surface area contributed by atoms with Crippen LogP contribution in [0.25, 0.3) is 0 Å². The first-order valence-corrected chi connectivity index (χ1v) is 7.75. The zero-order chi connectivity index (χ0) is 5.58. The van der Waals surface area contributed by atoms with Crippen molar-refractivity contribution in [3.05, 3.63) is 0 Å². The van der Waals surface area contributed by atoms with E-state index in [0.717, 1.165) is 26.1 Å². The Kier molecular flexibility index (Phi) is 15.8. The van der Waals surface area contributed by atoms with Crippen LogP contribution in [-0.4, -0.2) is 13.3 Å². The van der Waals surface area contributed by atoms with Gasteiger partial charge < -0.3 is 9.11 Å². The maximum absolute atomic E-state index is 8.56. The first-order valence-electron chi connectivity index (χ1n) is 1.22. The van der Waals surface area contributed by atoms with Gasteiger partial charge in [0.2, 0.25) is 0 Å². The summed E-state index contributed by atoms with van der Waals surface area (Å²) in [6, 6.07) is 0. The van der Waals surface area contributed by atoms with Gasteiger partial charge in [0, 0.05) is 0 Å². The molecule has 0 saturated heterocycles. The summed E-state index contributed by atoms with van der Waals surface area (Å²) in [5, 5.41) is 0. The Bertz CT molecular complexity index is 33.8. The molecule has 0 fully saturated rings. The van der Waals surface area contributed by atoms with Crippen molar-refractivity contribution in [2.75, 3.05) is 0 Å². The Morgan fingerprint density at radius 2 is 1.83 bits per heavy atom. The molecule has 0 amide bonds. The molecule has 0 aliphatic heterocycles. The zero-order valence-electron chi connectivity index (χ0n) is 3.38. The van der Waals surface area contributed by atoms with Crippen molar-refractivity contribution in [1.29, 1.82) is 0 Å². The summed E-state index contributed by atoms with van der Waals surface area (Å²) < 4.78 is 26.3. The summed E-state index contributed by atoms with van der Waals surface area (Å²) in [7, 11) is 0. The average molecular weight is 297 g/mol. The van der Waals surface area contributed by atoms with Crippen LogP contribution in [0.5, 0.6) is 0 Å². The first-order chi connectivity index (χ1) is 2.73. The van der Waals surface area contributed by atoms with E-state index < -0.39 is 11.4 Å². The number of hydrogen-bond acceptors (Lipinski definition) is 2. The van der Waals surface area contributed by atoms with Gasteiger partial charge in [-0.25, -0.2) is 4.21 Å². The van der Waals surface area contributed by atoms with E-state index in [4.69, 9.17) is 13.3 Å². The molecule has 0 spiro atoms. The fourth-order valence-corrected chi connectivity index (χ4v) is 0. The standard InChI is InChI=1S/CH3.Hg.H2O3S/c;;1-4(2)3/h1H3;;(H2,1,2,3)/q;+1;/p-1. The Morgan fingerprint density at radius 1 is 1.83 bits per heavy atom.